The molecular weight excluding hydrogens is 275 g/mol. The van der Waals surface area contributed by atoms with E-state index in [1.807, 2.05) is 0 Å². The largest absolute Gasteiger partial charge is 0.543 e. The molecule has 0 aliphatic carbocycles. The molecule has 0 N–H and O–H groups in total. The first-order valence-electron chi connectivity index (χ1n) is 6.36. The maximum atomic E-state index is 12.3. The first-order chi connectivity index (χ1) is 8.87. The Labute approximate surface area is 114 Å². The van der Waals surface area contributed by atoms with Crippen LogP contribution in [-0.2, 0) is 23.3 Å². The molecule has 0 aromatic rings. The van der Waals surface area contributed by atoms with Gasteiger partial charge in [-0.1, -0.05) is 5.01 Å². The van der Waals surface area contributed by atoms with Crippen LogP contribution in [0.3, 0.4) is 0 Å². The van der Waals surface area contributed by atoms with Crippen molar-refractivity contribution in [1.82, 2.24) is 5.01 Å². The molecule has 0 aliphatic heterocycles. The molecule has 0 saturated heterocycles. The molecule has 0 saturated carbocycles. The second-order valence-corrected chi connectivity index (χ2v) is 5.57. The zero-order chi connectivity index (χ0) is 14.9. The smallest absolute Gasteiger partial charge is 0.350 e. The summed E-state index contributed by atoms with van der Waals surface area (Å²) in [5, 5.41) is 11.9. The minimum atomic E-state index is -3.37. The van der Waals surface area contributed by atoms with Crippen LogP contribution in [0.4, 0.5) is 0 Å². The van der Waals surface area contributed by atoms with Crippen molar-refractivity contribution in [3.05, 3.63) is 5.21 Å². The average Bonchev–Trinajstić information content (AvgIpc) is 2.29. The van der Waals surface area contributed by atoms with E-state index in [0.717, 1.165) is 5.01 Å². The number of nitrogens with zero attached hydrogens (tertiary/aromatic N) is 2. The van der Waals surface area contributed by atoms with Crippen molar-refractivity contribution in [2.45, 2.75) is 27.7 Å². The van der Waals surface area contributed by atoms with Crippen LogP contribution in [0.15, 0.2) is 0 Å². The lowest BCUT2D eigenvalue weighted by molar-refractivity contribution is -1.28. The molecule has 0 unspecified atom stereocenters. The summed E-state index contributed by atoms with van der Waals surface area (Å²) in [7, 11) is -1.94. The topological polar surface area (TPSA) is 80.3 Å². The van der Waals surface area contributed by atoms with Gasteiger partial charge in [-0.3, -0.25) is 4.57 Å². The van der Waals surface area contributed by atoms with Crippen molar-refractivity contribution >= 4 is 7.60 Å². The third-order valence-electron chi connectivity index (χ3n) is 2.03. The van der Waals surface area contributed by atoms with Crippen molar-refractivity contribution in [2.75, 3.05) is 39.8 Å². The van der Waals surface area contributed by atoms with E-state index in [1.54, 1.807) is 27.7 Å². The second kappa shape index (κ2) is 8.99. The van der Waals surface area contributed by atoms with Crippen LogP contribution >= 0.6 is 7.60 Å². The molecule has 0 rings (SSSR count). The normalized spacial score (nSPS) is 13.2. The molecule has 0 amide bonds. The molecule has 19 heavy (non-hydrogen) atoms. The fourth-order valence-corrected chi connectivity index (χ4v) is 3.08. The molecule has 0 radical (unpaired) electrons. The Morgan fingerprint density at radius 1 is 1.00 bits per heavy atom. The average molecular weight is 300 g/mol. The van der Waals surface area contributed by atoms with Crippen molar-refractivity contribution in [2.24, 2.45) is 0 Å². The molecule has 116 valence electrons. The molecule has 0 spiro atoms. The quantitative estimate of drug-likeness (QED) is 0.329. The highest BCUT2D eigenvalue weighted by Gasteiger charge is 2.36. The Balaban J connectivity index is 4.84. The van der Waals surface area contributed by atoms with Crippen molar-refractivity contribution in [3.63, 3.8) is 0 Å². The van der Waals surface area contributed by atoms with Crippen LogP contribution in [0.5, 0.6) is 0 Å². The number of rotatable bonds is 11. The van der Waals surface area contributed by atoms with E-state index in [1.165, 1.54) is 7.05 Å². The third-order valence-corrected chi connectivity index (χ3v) is 4.09. The Kier molecular flexibility index (Phi) is 8.97. The van der Waals surface area contributed by atoms with Crippen LogP contribution in [0.25, 0.3) is 0 Å². The van der Waals surface area contributed by atoms with E-state index in [9.17, 15) is 9.77 Å². The standard InChI is InChI=1S/C10H25N2O6P/c1-6-15-12(13,16-7-2)11(5)10-19(14,17-8-3)18-9-4/h6-10H2,1-5H3. The highest BCUT2D eigenvalue weighted by molar-refractivity contribution is 7.53. The summed E-state index contributed by atoms with van der Waals surface area (Å²) in [6.45, 7) is 7.51. The van der Waals surface area contributed by atoms with Crippen LogP contribution in [0.2, 0.25) is 0 Å². The van der Waals surface area contributed by atoms with Gasteiger partial charge >= 0.3 is 7.60 Å². The Hall–Kier alpha value is -0.0500. The molecule has 8 nitrogen and oxygen atoms in total. The van der Waals surface area contributed by atoms with Gasteiger partial charge in [-0.25, -0.2) is 0 Å². The molecule has 0 bridgehead atoms. The molecule has 0 aromatic heterocycles. The van der Waals surface area contributed by atoms with Crippen molar-refractivity contribution in [3.8, 4) is 0 Å². The van der Waals surface area contributed by atoms with E-state index in [2.05, 4.69) is 0 Å². The van der Waals surface area contributed by atoms with Gasteiger partial charge in [0.25, 0.3) is 0 Å². The predicted octanol–water partition coefficient (Wildman–Crippen LogP) is 2.27. The summed E-state index contributed by atoms with van der Waals surface area (Å²) < 4.78 is 22.6. The van der Waals surface area contributed by atoms with Gasteiger partial charge < -0.3 is 14.3 Å². The first-order valence-corrected chi connectivity index (χ1v) is 8.09. The third kappa shape index (κ3) is 6.29. The van der Waals surface area contributed by atoms with Crippen molar-refractivity contribution in [1.29, 1.82) is 0 Å². The van der Waals surface area contributed by atoms with Crippen molar-refractivity contribution < 1.29 is 28.4 Å². The number of hydrogen-bond donors (Lipinski definition) is 0. The van der Waals surface area contributed by atoms with Gasteiger partial charge in [-0.05, 0) is 27.7 Å². The van der Waals surface area contributed by atoms with Gasteiger partial charge in [0.05, 0.1) is 13.2 Å². The fraction of sp³-hybridized carbons (Fsp3) is 1.00. The Morgan fingerprint density at radius 2 is 1.42 bits per heavy atom. The van der Waals surface area contributed by atoms with Gasteiger partial charge in [-0.15, -0.1) is 9.68 Å². The Morgan fingerprint density at radius 3 is 1.74 bits per heavy atom. The minimum Gasteiger partial charge on any atom is -0.543 e. The molecular formula is C10H25N2O6P. The molecule has 0 aromatic carbocycles. The zero-order valence-electron chi connectivity index (χ0n) is 12.3. The summed E-state index contributed by atoms with van der Waals surface area (Å²) in [6.07, 6.45) is -0.224. The van der Waals surface area contributed by atoms with Crippen LogP contribution in [-0.4, -0.2) is 49.9 Å². The second-order valence-electron chi connectivity index (χ2n) is 3.55. The minimum absolute atomic E-state index is 0.154. The van der Waals surface area contributed by atoms with E-state index in [-0.39, 0.29) is 32.7 Å². The van der Waals surface area contributed by atoms with E-state index >= 15 is 0 Å². The molecule has 0 atom stereocenters. The van der Waals surface area contributed by atoms with Crippen LogP contribution in [0.1, 0.15) is 27.7 Å². The van der Waals surface area contributed by atoms with E-state index < -0.39 is 12.7 Å². The van der Waals surface area contributed by atoms with Crippen LogP contribution in [0, 0.1) is 5.21 Å². The summed E-state index contributed by atoms with van der Waals surface area (Å²) in [5.74, 6) is 0. The first kappa shape index (κ1) is 18.9. The lowest BCUT2D eigenvalue weighted by atomic mass is 10.9. The van der Waals surface area contributed by atoms with E-state index in [0.29, 0.717) is 0 Å². The van der Waals surface area contributed by atoms with E-state index in [4.69, 9.17) is 18.7 Å². The van der Waals surface area contributed by atoms with Gasteiger partial charge in [-0.2, -0.15) is 0 Å². The summed E-state index contributed by atoms with van der Waals surface area (Å²) in [6, 6.07) is 0. The van der Waals surface area contributed by atoms with Gasteiger partial charge in [0, 0.05) is 12.1 Å². The summed E-state index contributed by atoms with van der Waals surface area (Å²) >= 11 is 0. The summed E-state index contributed by atoms with van der Waals surface area (Å²) in [4.78, 5) is 9.97. The molecule has 0 fully saturated rings. The lowest BCUT2D eigenvalue weighted by Gasteiger charge is -2.40. The highest BCUT2D eigenvalue weighted by Crippen LogP contribution is 2.48. The Bertz CT molecular complexity index is 275. The monoisotopic (exact) mass is 300 g/mol. The number of quaternary nitrogens is 1. The van der Waals surface area contributed by atoms with Gasteiger partial charge in [0.1, 0.15) is 13.2 Å². The molecule has 0 aliphatic rings. The number of hydrogen-bond acceptors (Lipinski definition) is 7. The van der Waals surface area contributed by atoms with Gasteiger partial charge in [0.15, 0.2) is 6.29 Å². The summed E-state index contributed by atoms with van der Waals surface area (Å²) in [5.41, 5.74) is 0. The molecule has 9 heteroatoms. The highest BCUT2D eigenvalue weighted by atomic mass is 31.2. The lowest BCUT2D eigenvalue weighted by Crippen LogP contribution is -2.54. The van der Waals surface area contributed by atoms with Gasteiger partial charge in [0.2, 0.25) is 0 Å². The maximum absolute atomic E-state index is 12.3. The predicted molar refractivity (Wildman–Crippen MR) is 70.4 cm³/mol. The van der Waals surface area contributed by atoms with Crippen LogP contribution < -0.4 is 0 Å². The maximum Gasteiger partial charge on any atom is 0.350 e. The zero-order valence-corrected chi connectivity index (χ0v) is 13.2. The SMILES string of the molecule is CCO[N+]([O-])(OCC)N(C)CP(=O)(OCC)OCC. The fourth-order valence-electron chi connectivity index (χ4n) is 1.40. The molecule has 0 heterocycles.